The molecular weight excluding hydrogens is 346 g/mol. The number of thiophene rings is 1. The molecule has 6 nitrogen and oxygen atoms in total. The Kier molecular flexibility index (Phi) is 5.98. The molecule has 130 valence electrons. The normalized spacial score (nSPS) is 12.8. The molecule has 8 heteroatoms. The van der Waals surface area contributed by atoms with E-state index >= 15 is 0 Å². The van der Waals surface area contributed by atoms with Gasteiger partial charge in [-0.25, -0.2) is 8.42 Å². The highest BCUT2D eigenvalue weighted by Gasteiger charge is 2.17. The average Bonchev–Trinajstić information content (AvgIpc) is 2.99. The number of benzene rings is 1. The van der Waals surface area contributed by atoms with Crippen molar-refractivity contribution in [3.63, 3.8) is 0 Å². The number of hydrogen-bond acceptors (Lipinski definition) is 5. The average molecular weight is 367 g/mol. The molecule has 2 N–H and O–H groups in total. The van der Waals surface area contributed by atoms with Gasteiger partial charge in [0.05, 0.1) is 12.3 Å². The van der Waals surface area contributed by atoms with Gasteiger partial charge in [0, 0.05) is 22.7 Å². The first-order valence-corrected chi connectivity index (χ1v) is 10.1. The molecule has 1 aromatic carbocycles. The van der Waals surface area contributed by atoms with Gasteiger partial charge in [0.25, 0.3) is 5.91 Å². The summed E-state index contributed by atoms with van der Waals surface area (Å²) in [4.78, 5) is 15.6. The van der Waals surface area contributed by atoms with Gasteiger partial charge in [-0.1, -0.05) is 12.1 Å². The zero-order chi connectivity index (χ0) is 17.7. The molecule has 1 heterocycles. The number of rotatable bonds is 7. The quantitative estimate of drug-likeness (QED) is 0.786. The van der Waals surface area contributed by atoms with E-state index < -0.39 is 10.0 Å². The molecule has 0 bridgehead atoms. The summed E-state index contributed by atoms with van der Waals surface area (Å²) in [5.41, 5.74) is 0.778. The molecule has 0 fully saturated rings. The van der Waals surface area contributed by atoms with Crippen LogP contribution in [0, 0.1) is 0 Å². The van der Waals surface area contributed by atoms with E-state index in [1.807, 2.05) is 36.5 Å². The molecule has 1 amide bonds. The fourth-order valence-electron chi connectivity index (χ4n) is 2.25. The van der Waals surface area contributed by atoms with Crippen LogP contribution in [0.1, 0.15) is 21.3 Å². The number of nitrogens with one attached hydrogen (secondary N) is 2. The van der Waals surface area contributed by atoms with E-state index in [1.165, 1.54) is 10.9 Å². The van der Waals surface area contributed by atoms with Gasteiger partial charge < -0.3 is 10.2 Å². The summed E-state index contributed by atoms with van der Waals surface area (Å²) in [7, 11) is 0.558. The summed E-state index contributed by atoms with van der Waals surface area (Å²) in [6, 6.07) is 10.5. The van der Waals surface area contributed by atoms with Gasteiger partial charge in [-0.05, 0) is 43.7 Å². The third-order valence-corrected chi connectivity index (χ3v) is 4.96. The van der Waals surface area contributed by atoms with E-state index in [0.717, 1.165) is 6.26 Å². The predicted molar refractivity (Wildman–Crippen MR) is 98.0 cm³/mol. The third kappa shape index (κ3) is 5.33. The standard InChI is InChI=1S/C16H21N3O3S2/c1-19(2)14(15-8-5-9-23-15)11-17-16(20)12-6-4-7-13(10-12)18-24(3,21)22/h4-10,14,18H,11H2,1-3H3,(H,17,20). The molecule has 0 saturated carbocycles. The van der Waals surface area contributed by atoms with Crippen LogP contribution in [0.2, 0.25) is 0 Å². The maximum Gasteiger partial charge on any atom is 0.251 e. The smallest absolute Gasteiger partial charge is 0.251 e. The first-order chi connectivity index (χ1) is 11.3. The molecule has 2 rings (SSSR count). The molecule has 0 saturated heterocycles. The van der Waals surface area contributed by atoms with Crippen LogP contribution in [0.25, 0.3) is 0 Å². The van der Waals surface area contributed by atoms with E-state index in [4.69, 9.17) is 0 Å². The van der Waals surface area contributed by atoms with Crippen LogP contribution in [0.4, 0.5) is 5.69 Å². The van der Waals surface area contributed by atoms with E-state index in [2.05, 4.69) is 10.0 Å². The Hall–Kier alpha value is -1.90. The molecule has 2 aromatic rings. The van der Waals surface area contributed by atoms with Gasteiger partial charge >= 0.3 is 0 Å². The summed E-state index contributed by atoms with van der Waals surface area (Å²) >= 11 is 1.65. The highest BCUT2D eigenvalue weighted by molar-refractivity contribution is 7.92. The summed E-state index contributed by atoms with van der Waals surface area (Å²) in [6.45, 7) is 0.468. The van der Waals surface area contributed by atoms with Gasteiger partial charge in [-0.2, -0.15) is 0 Å². The van der Waals surface area contributed by atoms with E-state index in [0.29, 0.717) is 17.8 Å². The molecule has 0 radical (unpaired) electrons. The lowest BCUT2D eigenvalue weighted by atomic mass is 10.1. The molecular formula is C16H21N3O3S2. The van der Waals surface area contributed by atoms with Gasteiger partial charge in [0.2, 0.25) is 10.0 Å². The first kappa shape index (κ1) is 18.4. The summed E-state index contributed by atoms with van der Waals surface area (Å²) in [5.74, 6) is -0.240. The highest BCUT2D eigenvalue weighted by atomic mass is 32.2. The topological polar surface area (TPSA) is 78.5 Å². The van der Waals surface area contributed by atoms with Crippen molar-refractivity contribution in [1.82, 2.24) is 10.2 Å². The second kappa shape index (κ2) is 7.78. The van der Waals surface area contributed by atoms with Crippen LogP contribution in [0.3, 0.4) is 0 Å². The van der Waals surface area contributed by atoms with E-state index in [9.17, 15) is 13.2 Å². The predicted octanol–water partition coefficient (Wildman–Crippen LogP) is 2.15. The Balaban J connectivity index is 2.05. The molecule has 0 aliphatic carbocycles. The second-order valence-corrected chi connectivity index (χ2v) is 8.39. The molecule has 1 atom stereocenters. The number of sulfonamides is 1. The van der Waals surface area contributed by atoms with Gasteiger partial charge in [-0.15, -0.1) is 11.3 Å². The minimum Gasteiger partial charge on any atom is -0.350 e. The largest absolute Gasteiger partial charge is 0.350 e. The molecule has 24 heavy (non-hydrogen) atoms. The number of carbonyl (C=O) groups is 1. The van der Waals surface area contributed by atoms with Crippen LogP contribution >= 0.6 is 11.3 Å². The molecule has 0 aliphatic rings. The maximum absolute atomic E-state index is 12.4. The zero-order valence-corrected chi connectivity index (χ0v) is 15.4. The zero-order valence-electron chi connectivity index (χ0n) is 13.8. The number of hydrogen-bond donors (Lipinski definition) is 2. The van der Waals surface area contributed by atoms with Gasteiger partial charge in [0.15, 0.2) is 0 Å². The third-order valence-electron chi connectivity index (χ3n) is 3.38. The Labute approximate surface area is 146 Å². The van der Waals surface area contributed by atoms with Gasteiger partial charge in [-0.3, -0.25) is 9.52 Å². The fourth-order valence-corrected chi connectivity index (χ4v) is 3.73. The van der Waals surface area contributed by atoms with Crippen molar-refractivity contribution < 1.29 is 13.2 Å². The molecule has 1 unspecified atom stereocenters. The molecule has 1 aromatic heterocycles. The van der Waals surface area contributed by atoms with Crippen LogP contribution < -0.4 is 10.0 Å². The number of carbonyl (C=O) groups excluding carboxylic acids is 1. The van der Waals surface area contributed by atoms with Gasteiger partial charge in [0.1, 0.15) is 0 Å². The summed E-state index contributed by atoms with van der Waals surface area (Å²) < 4.78 is 24.9. The second-order valence-electron chi connectivity index (χ2n) is 5.66. The van der Waals surface area contributed by atoms with Crippen molar-refractivity contribution in [1.29, 1.82) is 0 Å². The van der Waals surface area contributed by atoms with Crippen molar-refractivity contribution in [2.24, 2.45) is 0 Å². The lowest BCUT2D eigenvalue weighted by Gasteiger charge is -2.23. The Morgan fingerprint density at radius 2 is 2.00 bits per heavy atom. The van der Waals surface area contributed by atoms with E-state index in [1.54, 1.807) is 29.5 Å². The van der Waals surface area contributed by atoms with Crippen molar-refractivity contribution in [3.05, 3.63) is 52.2 Å². The van der Waals surface area contributed by atoms with Crippen LogP contribution in [0.5, 0.6) is 0 Å². The minimum atomic E-state index is -3.37. The fraction of sp³-hybridized carbons (Fsp3) is 0.312. The van der Waals surface area contributed by atoms with Crippen molar-refractivity contribution >= 4 is 33.0 Å². The van der Waals surface area contributed by atoms with Crippen molar-refractivity contribution in [2.45, 2.75) is 6.04 Å². The SMILES string of the molecule is CN(C)C(CNC(=O)c1cccc(NS(C)(=O)=O)c1)c1cccs1. The number of amides is 1. The number of nitrogens with zero attached hydrogens (tertiary/aromatic N) is 1. The monoisotopic (exact) mass is 367 g/mol. The van der Waals surface area contributed by atoms with Crippen LogP contribution in [-0.2, 0) is 10.0 Å². The maximum atomic E-state index is 12.4. The van der Waals surface area contributed by atoms with Crippen molar-refractivity contribution in [3.8, 4) is 0 Å². The van der Waals surface area contributed by atoms with Crippen molar-refractivity contribution in [2.75, 3.05) is 31.6 Å². The number of anilines is 1. The Bertz CT molecular complexity index is 787. The first-order valence-electron chi connectivity index (χ1n) is 7.32. The minimum absolute atomic E-state index is 0.0891. The summed E-state index contributed by atoms with van der Waals surface area (Å²) in [5, 5.41) is 4.92. The lowest BCUT2D eigenvalue weighted by molar-refractivity contribution is 0.0942. The van der Waals surface area contributed by atoms with E-state index in [-0.39, 0.29) is 11.9 Å². The number of likely N-dealkylation sites (N-methyl/N-ethyl adjacent to an activating group) is 1. The Morgan fingerprint density at radius 1 is 1.25 bits per heavy atom. The highest BCUT2D eigenvalue weighted by Crippen LogP contribution is 2.22. The molecule has 0 spiro atoms. The molecule has 0 aliphatic heterocycles. The van der Waals surface area contributed by atoms with Crippen LogP contribution in [0.15, 0.2) is 41.8 Å². The lowest BCUT2D eigenvalue weighted by Crippen LogP contribution is -2.34. The summed E-state index contributed by atoms with van der Waals surface area (Å²) in [6.07, 6.45) is 1.07. The Morgan fingerprint density at radius 3 is 2.58 bits per heavy atom. The van der Waals surface area contributed by atoms with Crippen LogP contribution in [-0.4, -0.2) is 46.1 Å².